The van der Waals surface area contributed by atoms with E-state index in [1.165, 1.54) is 11.3 Å². The second-order valence-corrected chi connectivity index (χ2v) is 7.58. The van der Waals surface area contributed by atoms with Gasteiger partial charge in [-0.3, -0.25) is 14.6 Å². The van der Waals surface area contributed by atoms with Gasteiger partial charge in [0, 0.05) is 29.0 Å². The van der Waals surface area contributed by atoms with E-state index < -0.39 is 0 Å². The van der Waals surface area contributed by atoms with Gasteiger partial charge in [-0.25, -0.2) is 0 Å². The number of rotatable bonds is 6. The maximum atomic E-state index is 12.4. The van der Waals surface area contributed by atoms with Crippen molar-refractivity contribution in [2.24, 2.45) is 0 Å². The van der Waals surface area contributed by atoms with Gasteiger partial charge in [0.1, 0.15) is 5.75 Å². The van der Waals surface area contributed by atoms with Crippen LogP contribution in [0.2, 0.25) is 5.02 Å². The van der Waals surface area contributed by atoms with Crippen LogP contribution in [0.15, 0.2) is 72.4 Å². The van der Waals surface area contributed by atoms with Crippen molar-refractivity contribution >= 4 is 51.1 Å². The number of nitrogens with zero attached hydrogens (tertiary/aromatic N) is 1. The molecular formula is C22H15ClN2O3S. The number of nitrogens with one attached hydrogen (secondary N) is 1. The summed E-state index contributed by atoms with van der Waals surface area (Å²) in [5.41, 5.74) is 1.07. The van der Waals surface area contributed by atoms with E-state index in [0.717, 1.165) is 10.8 Å². The molecule has 0 aliphatic carbocycles. The maximum absolute atomic E-state index is 12.4. The summed E-state index contributed by atoms with van der Waals surface area (Å²) in [4.78, 5) is 29.3. The zero-order chi connectivity index (χ0) is 20.2. The van der Waals surface area contributed by atoms with Crippen LogP contribution < -0.4 is 10.1 Å². The lowest BCUT2D eigenvalue weighted by Gasteiger charge is -2.10. The number of amides is 1. The number of aromatic nitrogens is 1. The molecule has 0 aliphatic heterocycles. The van der Waals surface area contributed by atoms with E-state index in [0.29, 0.717) is 21.9 Å². The number of ketones is 1. The van der Waals surface area contributed by atoms with Crippen LogP contribution in [0.25, 0.3) is 10.8 Å². The Morgan fingerprint density at radius 2 is 1.97 bits per heavy atom. The lowest BCUT2D eigenvalue weighted by Crippen LogP contribution is -2.20. The summed E-state index contributed by atoms with van der Waals surface area (Å²) in [7, 11) is 0. The van der Waals surface area contributed by atoms with Gasteiger partial charge >= 0.3 is 0 Å². The normalized spacial score (nSPS) is 10.7. The highest BCUT2D eigenvalue weighted by Crippen LogP contribution is 2.26. The standard InChI is InChI=1S/C22H15ClN2O3S/c23-19-11-17(5-6-18(19)22(27)20-2-1-9-29-20)28-13-21(26)25-16-4-3-15-12-24-8-7-14(15)10-16/h1-12H,13H2,(H,25,26). The Morgan fingerprint density at radius 1 is 1.07 bits per heavy atom. The van der Waals surface area contributed by atoms with Crippen molar-refractivity contribution in [3.63, 3.8) is 0 Å². The SMILES string of the molecule is O=C(COc1ccc(C(=O)c2cccs2)c(Cl)c1)Nc1ccc2cnccc2c1. The van der Waals surface area contributed by atoms with E-state index in [-0.39, 0.29) is 23.3 Å². The second-order valence-electron chi connectivity index (χ2n) is 6.22. The number of carbonyl (C=O) groups excluding carboxylic acids is 2. The predicted molar refractivity (Wildman–Crippen MR) is 115 cm³/mol. The molecule has 2 heterocycles. The Morgan fingerprint density at radius 3 is 2.76 bits per heavy atom. The Balaban J connectivity index is 1.38. The summed E-state index contributed by atoms with van der Waals surface area (Å²) < 4.78 is 5.52. The summed E-state index contributed by atoms with van der Waals surface area (Å²) >= 11 is 7.60. The third kappa shape index (κ3) is 4.45. The second kappa shape index (κ2) is 8.43. The number of hydrogen-bond acceptors (Lipinski definition) is 5. The van der Waals surface area contributed by atoms with Crippen LogP contribution in [0, 0.1) is 0 Å². The summed E-state index contributed by atoms with van der Waals surface area (Å²) in [5.74, 6) is -0.0217. The Labute approximate surface area is 175 Å². The number of benzene rings is 2. The molecule has 5 nitrogen and oxygen atoms in total. The largest absolute Gasteiger partial charge is 0.484 e. The molecule has 0 atom stereocenters. The molecule has 0 saturated carbocycles. The first-order valence-corrected chi connectivity index (χ1v) is 10.00. The van der Waals surface area contributed by atoms with E-state index in [1.807, 2.05) is 35.7 Å². The van der Waals surface area contributed by atoms with Crippen LogP contribution in [0.3, 0.4) is 0 Å². The quantitative estimate of drug-likeness (QED) is 0.434. The van der Waals surface area contributed by atoms with Crippen LogP contribution in [0.1, 0.15) is 15.2 Å². The monoisotopic (exact) mass is 422 g/mol. The number of carbonyl (C=O) groups is 2. The Bertz CT molecular complexity index is 1190. The van der Waals surface area contributed by atoms with Crippen LogP contribution in [0.4, 0.5) is 5.69 Å². The Kier molecular flexibility index (Phi) is 5.55. The highest BCUT2D eigenvalue weighted by molar-refractivity contribution is 7.12. The molecule has 0 unspecified atom stereocenters. The lowest BCUT2D eigenvalue weighted by molar-refractivity contribution is -0.118. The fourth-order valence-corrected chi connectivity index (χ4v) is 3.75. The number of fused-ring (bicyclic) bond motifs is 1. The molecule has 0 saturated heterocycles. The molecule has 2 aromatic heterocycles. The first-order chi connectivity index (χ1) is 14.1. The fraction of sp³-hybridized carbons (Fsp3) is 0.0455. The first-order valence-electron chi connectivity index (χ1n) is 8.74. The van der Waals surface area contributed by atoms with E-state index in [4.69, 9.17) is 16.3 Å². The van der Waals surface area contributed by atoms with E-state index in [9.17, 15) is 9.59 Å². The average molecular weight is 423 g/mol. The summed E-state index contributed by atoms with van der Waals surface area (Å²) in [6, 6.07) is 15.8. The molecule has 0 aliphatic rings. The summed E-state index contributed by atoms with van der Waals surface area (Å²) in [6.45, 7) is -0.178. The molecule has 0 fully saturated rings. The molecule has 1 amide bonds. The molecule has 144 valence electrons. The van der Waals surface area contributed by atoms with E-state index in [1.54, 1.807) is 36.7 Å². The summed E-state index contributed by atoms with van der Waals surface area (Å²) in [6.07, 6.45) is 3.47. The van der Waals surface area contributed by atoms with Gasteiger partial charge < -0.3 is 10.1 Å². The van der Waals surface area contributed by atoms with Gasteiger partial charge in [0.15, 0.2) is 6.61 Å². The highest BCUT2D eigenvalue weighted by Gasteiger charge is 2.15. The molecule has 1 N–H and O–H groups in total. The minimum absolute atomic E-state index is 0.138. The number of hydrogen-bond donors (Lipinski definition) is 1. The minimum atomic E-state index is -0.298. The highest BCUT2D eigenvalue weighted by atomic mass is 35.5. The van der Waals surface area contributed by atoms with Crippen LogP contribution in [0.5, 0.6) is 5.75 Å². The zero-order valence-corrected chi connectivity index (χ0v) is 16.7. The average Bonchev–Trinajstić information content (AvgIpc) is 3.27. The zero-order valence-electron chi connectivity index (χ0n) is 15.1. The van der Waals surface area contributed by atoms with Crippen LogP contribution in [-0.2, 0) is 4.79 Å². The van der Waals surface area contributed by atoms with Crippen LogP contribution >= 0.6 is 22.9 Å². The number of halogens is 1. The molecule has 29 heavy (non-hydrogen) atoms. The molecule has 0 bridgehead atoms. The van der Waals surface area contributed by atoms with Crippen molar-refractivity contribution in [2.45, 2.75) is 0 Å². The first kappa shape index (κ1) is 19.1. The molecular weight excluding hydrogens is 408 g/mol. The number of anilines is 1. The molecule has 4 rings (SSSR count). The van der Waals surface area contributed by atoms with Gasteiger partial charge in [-0.2, -0.15) is 0 Å². The van der Waals surface area contributed by atoms with Gasteiger partial charge in [0.25, 0.3) is 5.91 Å². The topological polar surface area (TPSA) is 68.3 Å². The number of pyridine rings is 1. The third-order valence-electron chi connectivity index (χ3n) is 4.22. The molecule has 4 aromatic rings. The van der Waals surface area contributed by atoms with Gasteiger partial charge in [0.2, 0.25) is 5.78 Å². The van der Waals surface area contributed by atoms with Gasteiger partial charge in [-0.15, -0.1) is 11.3 Å². The molecule has 2 aromatic carbocycles. The smallest absolute Gasteiger partial charge is 0.262 e. The molecule has 0 radical (unpaired) electrons. The number of ether oxygens (including phenoxy) is 1. The predicted octanol–water partition coefficient (Wildman–Crippen LogP) is 5.20. The molecule has 0 spiro atoms. The summed E-state index contributed by atoms with van der Waals surface area (Å²) in [5, 5.41) is 6.89. The van der Waals surface area contributed by atoms with E-state index >= 15 is 0 Å². The van der Waals surface area contributed by atoms with Crippen molar-refractivity contribution in [3.05, 3.63) is 87.8 Å². The Hall–Kier alpha value is -3.22. The molecule has 7 heteroatoms. The van der Waals surface area contributed by atoms with Crippen molar-refractivity contribution in [1.29, 1.82) is 0 Å². The lowest BCUT2D eigenvalue weighted by atomic mass is 10.1. The van der Waals surface area contributed by atoms with Crippen molar-refractivity contribution in [3.8, 4) is 5.75 Å². The van der Waals surface area contributed by atoms with Crippen molar-refractivity contribution < 1.29 is 14.3 Å². The van der Waals surface area contributed by atoms with Crippen molar-refractivity contribution in [1.82, 2.24) is 4.98 Å². The van der Waals surface area contributed by atoms with Gasteiger partial charge in [-0.05, 0) is 53.2 Å². The number of thiophene rings is 1. The maximum Gasteiger partial charge on any atom is 0.262 e. The van der Waals surface area contributed by atoms with Crippen molar-refractivity contribution in [2.75, 3.05) is 11.9 Å². The van der Waals surface area contributed by atoms with E-state index in [2.05, 4.69) is 10.3 Å². The van der Waals surface area contributed by atoms with Crippen LogP contribution in [-0.4, -0.2) is 23.3 Å². The van der Waals surface area contributed by atoms with Gasteiger partial charge in [-0.1, -0.05) is 23.7 Å². The third-order valence-corrected chi connectivity index (χ3v) is 5.41. The van der Waals surface area contributed by atoms with Gasteiger partial charge in [0.05, 0.1) is 9.90 Å². The minimum Gasteiger partial charge on any atom is -0.484 e. The fourth-order valence-electron chi connectivity index (χ4n) is 2.82.